The van der Waals surface area contributed by atoms with Crippen LogP contribution in [0.4, 0.5) is 4.39 Å². The van der Waals surface area contributed by atoms with Gasteiger partial charge >= 0.3 is 23.1 Å². The number of hydrogen-bond acceptors (Lipinski definition) is 1. The minimum absolute atomic E-state index is 0. The van der Waals surface area contributed by atoms with E-state index in [1.54, 1.807) is 6.07 Å². The molecule has 0 radical (unpaired) electrons. The van der Waals surface area contributed by atoms with E-state index in [1.165, 1.54) is 44.2 Å². The van der Waals surface area contributed by atoms with Crippen molar-refractivity contribution in [2.45, 2.75) is 38.7 Å². The van der Waals surface area contributed by atoms with E-state index in [9.17, 15) is 4.39 Å². The monoisotopic (exact) mass is 324 g/mol. The van der Waals surface area contributed by atoms with Crippen LogP contribution in [0.15, 0.2) is 18.2 Å². The van der Waals surface area contributed by atoms with E-state index in [-0.39, 0.29) is 45.9 Å². The van der Waals surface area contributed by atoms with Crippen molar-refractivity contribution in [1.29, 1.82) is 0 Å². The quantitative estimate of drug-likeness (QED) is 0.573. The first-order chi connectivity index (χ1) is 7.84. The summed E-state index contributed by atoms with van der Waals surface area (Å²) in [6.45, 7) is 1.29. The third-order valence-corrected chi connectivity index (χ3v) is 3.16. The molecule has 0 aliphatic heterocycles. The molecule has 1 fully saturated rings. The second-order valence-corrected chi connectivity index (χ2v) is 4.55. The van der Waals surface area contributed by atoms with Gasteiger partial charge in [0.05, 0.1) is 0 Å². The summed E-state index contributed by atoms with van der Waals surface area (Å²) in [7, 11) is 0. The van der Waals surface area contributed by atoms with Crippen molar-refractivity contribution in [3.05, 3.63) is 35.6 Å². The molecule has 0 amide bonds. The van der Waals surface area contributed by atoms with E-state index >= 15 is 0 Å². The minimum Gasteiger partial charge on any atom is -1.00 e. The van der Waals surface area contributed by atoms with Crippen molar-refractivity contribution in [2.24, 2.45) is 5.92 Å². The van der Waals surface area contributed by atoms with Gasteiger partial charge < -0.3 is 21.7 Å². The number of benzene rings is 1. The number of hydrogen-bond donors (Lipinski definition) is 0. The molecule has 0 spiro atoms. The van der Waals surface area contributed by atoms with Crippen molar-refractivity contribution < 1.29 is 26.1 Å². The molecule has 0 saturated heterocycles. The zero-order valence-corrected chi connectivity index (χ0v) is 13.6. The van der Waals surface area contributed by atoms with Gasteiger partial charge in [0.15, 0.2) is 0 Å². The van der Waals surface area contributed by atoms with Gasteiger partial charge in [-0.05, 0) is 18.8 Å². The molecule has 1 nitrogen and oxygen atoms in total. The first kappa shape index (κ1) is 18.4. The summed E-state index contributed by atoms with van der Waals surface area (Å²) in [4.78, 5) is 0. The summed E-state index contributed by atoms with van der Waals surface area (Å²) < 4.78 is 18.5. The van der Waals surface area contributed by atoms with Gasteiger partial charge in [-0.2, -0.15) is 12.1 Å². The van der Waals surface area contributed by atoms with E-state index in [0.717, 1.165) is 12.2 Å². The normalized spacial score (nSPS) is 15.6. The Balaban J connectivity index is 0.00000144. The van der Waals surface area contributed by atoms with Crippen LogP contribution in [0.1, 0.15) is 37.7 Å². The Morgan fingerprint density at radius 1 is 1.28 bits per heavy atom. The van der Waals surface area contributed by atoms with Crippen molar-refractivity contribution in [3.63, 3.8) is 0 Å². The van der Waals surface area contributed by atoms with Crippen molar-refractivity contribution >= 4 is 23.1 Å². The standard InChI is InChI=1S/C14H18FO.BrH.Mg/c15-14-8-4-7-13(9-14)11-16-10-12-5-2-1-3-6-12;;/h4,8-9,12H,1-3,5-6,10-11H2;1H;/q-1;;+2/p-1. The molecule has 1 aliphatic carbocycles. The second kappa shape index (κ2) is 10.2. The summed E-state index contributed by atoms with van der Waals surface area (Å²) in [5.74, 6) is 0.498. The molecule has 1 saturated carbocycles. The molecule has 1 aromatic rings. The first-order valence-electron chi connectivity index (χ1n) is 6.08. The molecule has 0 aromatic heterocycles. The molecular formula is C14H18BrFMgO. The van der Waals surface area contributed by atoms with Gasteiger partial charge in [-0.25, -0.2) is 4.39 Å². The summed E-state index contributed by atoms with van der Waals surface area (Å²) in [5.41, 5.74) is 0.802. The van der Waals surface area contributed by atoms with Crippen LogP contribution in [0, 0.1) is 17.8 Å². The van der Waals surface area contributed by atoms with E-state index in [2.05, 4.69) is 6.07 Å². The Morgan fingerprint density at radius 3 is 2.67 bits per heavy atom. The maximum atomic E-state index is 12.9. The molecule has 0 heterocycles. The van der Waals surface area contributed by atoms with E-state index in [1.807, 2.05) is 0 Å². The average molecular weight is 326 g/mol. The summed E-state index contributed by atoms with van der Waals surface area (Å²) in [5, 5.41) is 0. The van der Waals surface area contributed by atoms with Crippen LogP contribution in [-0.4, -0.2) is 29.7 Å². The van der Waals surface area contributed by atoms with E-state index in [4.69, 9.17) is 4.74 Å². The number of ether oxygens (including phenoxy) is 1. The van der Waals surface area contributed by atoms with Crippen LogP contribution in [-0.2, 0) is 11.3 Å². The predicted molar refractivity (Wildman–Crippen MR) is 67.2 cm³/mol. The fourth-order valence-electron chi connectivity index (χ4n) is 2.26. The topological polar surface area (TPSA) is 9.23 Å². The number of halogens is 2. The second-order valence-electron chi connectivity index (χ2n) is 4.55. The fraction of sp³-hybridized carbons (Fsp3) is 0.571. The zero-order valence-electron chi connectivity index (χ0n) is 10.6. The van der Waals surface area contributed by atoms with Gasteiger partial charge in [0, 0.05) is 19.0 Å². The molecule has 0 N–H and O–H groups in total. The third-order valence-electron chi connectivity index (χ3n) is 3.16. The van der Waals surface area contributed by atoms with Crippen molar-refractivity contribution in [3.8, 4) is 0 Å². The van der Waals surface area contributed by atoms with Crippen LogP contribution in [0.2, 0.25) is 0 Å². The molecule has 0 unspecified atom stereocenters. The summed E-state index contributed by atoms with van der Waals surface area (Å²) in [6.07, 6.45) is 6.61. The van der Waals surface area contributed by atoms with Gasteiger partial charge in [-0.1, -0.05) is 19.3 Å². The number of rotatable bonds is 4. The smallest absolute Gasteiger partial charge is 1.00 e. The van der Waals surface area contributed by atoms with Crippen molar-refractivity contribution in [1.82, 2.24) is 0 Å². The summed E-state index contributed by atoms with van der Waals surface area (Å²) in [6, 6.07) is 7.48. The Labute approximate surface area is 135 Å². The van der Waals surface area contributed by atoms with Crippen LogP contribution in [0.3, 0.4) is 0 Å². The molecule has 96 valence electrons. The molecular weight excluding hydrogens is 307 g/mol. The Morgan fingerprint density at radius 2 is 2.00 bits per heavy atom. The zero-order chi connectivity index (χ0) is 11.2. The first-order valence-corrected chi connectivity index (χ1v) is 6.08. The van der Waals surface area contributed by atoms with Gasteiger partial charge in [-0.15, -0.1) is 17.7 Å². The molecule has 0 bridgehead atoms. The van der Waals surface area contributed by atoms with Gasteiger partial charge in [0.1, 0.15) is 0 Å². The molecule has 1 aromatic carbocycles. The van der Waals surface area contributed by atoms with Crippen LogP contribution >= 0.6 is 0 Å². The Bertz CT molecular complexity index is 329. The van der Waals surface area contributed by atoms with E-state index < -0.39 is 0 Å². The van der Waals surface area contributed by atoms with Crippen LogP contribution in [0.5, 0.6) is 0 Å². The van der Waals surface area contributed by atoms with Gasteiger partial charge in [0.2, 0.25) is 0 Å². The SMILES string of the molecule is Fc1cc[c-]c(COCC2CCCCC2)c1.[Br-].[Mg+2]. The van der Waals surface area contributed by atoms with Crippen LogP contribution < -0.4 is 17.0 Å². The Kier molecular flexibility index (Phi) is 10.4. The maximum Gasteiger partial charge on any atom is 2.00 e. The third kappa shape index (κ3) is 6.50. The fourth-order valence-corrected chi connectivity index (χ4v) is 2.26. The summed E-state index contributed by atoms with van der Waals surface area (Å²) >= 11 is 0. The molecule has 1 aliphatic rings. The molecule has 2 rings (SSSR count). The predicted octanol–water partition coefficient (Wildman–Crippen LogP) is 0.346. The maximum absolute atomic E-state index is 12.9. The minimum atomic E-state index is -0.213. The molecule has 4 heteroatoms. The molecule has 0 atom stereocenters. The van der Waals surface area contributed by atoms with E-state index in [0.29, 0.717) is 12.5 Å². The van der Waals surface area contributed by atoms with Crippen molar-refractivity contribution in [2.75, 3.05) is 6.61 Å². The average Bonchev–Trinajstić information content (AvgIpc) is 2.30. The largest absolute Gasteiger partial charge is 2.00 e. The molecule has 18 heavy (non-hydrogen) atoms. The van der Waals surface area contributed by atoms with Gasteiger partial charge in [0.25, 0.3) is 0 Å². The van der Waals surface area contributed by atoms with Crippen LogP contribution in [0.25, 0.3) is 0 Å². The Hall–Kier alpha value is 0.356. The van der Waals surface area contributed by atoms with Gasteiger partial charge in [-0.3, -0.25) is 0 Å².